The fourth-order valence-electron chi connectivity index (χ4n) is 2.74. The van der Waals surface area contributed by atoms with Gasteiger partial charge >= 0.3 is 0 Å². The van der Waals surface area contributed by atoms with Gasteiger partial charge in [-0.1, -0.05) is 23.7 Å². The first kappa shape index (κ1) is 23.5. The number of H-pyrrole nitrogens is 1. The van der Waals surface area contributed by atoms with Crippen molar-refractivity contribution in [2.45, 2.75) is 26.0 Å². The summed E-state index contributed by atoms with van der Waals surface area (Å²) in [4.78, 5) is 8.81. The lowest BCUT2D eigenvalue weighted by Crippen LogP contribution is -2.24. The van der Waals surface area contributed by atoms with Crippen LogP contribution in [0.1, 0.15) is 25.5 Å². The second-order valence-electron chi connectivity index (χ2n) is 6.87. The molecule has 12 heteroatoms. The molecule has 0 spiro atoms. The van der Waals surface area contributed by atoms with Crippen molar-refractivity contribution in [3.8, 4) is 5.88 Å². The largest absolute Gasteiger partial charge is 0.477 e. The summed E-state index contributed by atoms with van der Waals surface area (Å²) >= 11 is 6.47. The van der Waals surface area contributed by atoms with Crippen LogP contribution in [0.25, 0.3) is 0 Å². The van der Waals surface area contributed by atoms with Crippen LogP contribution in [0.5, 0.6) is 5.88 Å². The summed E-state index contributed by atoms with van der Waals surface area (Å²) < 4.78 is 18.6. The van der Waals surface area contributed by atoms with Gasteiger partial charge in [0.25, 0.3) is 0 Å². The van der Waals surface area contributed by atoms with Crippen LogP contribution in [0.3, 0.4) is 0 Å². The van der Waals surface area contributed by atoms with Gasteiger partial charge in [0.05, 0.1) is 25.4 Å². The maximum absolute atomic E-state index is 13.2. The third-order valence-corrected chi connectivity index (χ3v) is 4.74. The summed E-state index contributed by atoms with van der Waals surface area (Å²) in [5, 5.41) is 34.8. The number of aromatic nitrogens is 4. The fraction of sp³-hybridized carbons (Fsp3) is 0.350. The van der Waals surface area contributed by atoms with Gasteiger partial charge in [-0.2, -0.15) is 9.97 Å². The van der Waals surface area contributed by atoms with E-state index in [1.807, 2.05) is 13.8 Å². The van der Waals surface area contributed by atoms with Gasteiger partial charge in [-0.3, -0.25) is 5.10 Å². The van der Waals surface area contributed by atoms with Gasteiger partial charge in [0.2, 0.25) is 11.8 Å². The van der Waals surface area contributed by atoms with Crippen molar-refractivity contribution in [3.63, 3.8) is 0 Å². The number of ether oxygens (including phenoxy) is 1. The Bertz CT molecular complexity index is 1020. The van der Waals surface area contributed by atoms with Crippen LogP contribution < -0.4 is 20.7 Å². The van der Waals surface area contributed by atoms with Crippen LogP contribution in [0.2, 0.25) is 5.02 Å². The zero-order valence-electron chi connectivity index (χ0n) is 17.6. The van der Waals surface area contributed by atoms with Gasteiger partial charge in [-0.05, 0) is 31.5 Å². The summed E-state index contributed by atoms with van der Waals surface area (Å²) in [6.07, 6.45) is -0.992. The first-order chi connectivity index (χ1) is 15.4. The molecule has 0 bridgehead atoms. The van der Waals surface area contributed by atoms with Gasteiger partial charge in [-0.15, -0.1) is 5.10 Å². The number of anilines is 4. The maximum atomic E-state index is 13.2. The lowest BCUT2D eigenvalue weighted by atomic mass is 10.1. The molecular weight excluding hydrogens is 441 g/mol. The molecule has 32 heavy (non-hydrogen) atoms. The minimum absolute atomic E-state index is 0.0260. The molecular formula is C20H25ClFN7O3. The van der Waals surface area contributed by atoms with E-state index in [0.29, 0.717) is 18.3 Å². The molecule has 3 rings (SSSR count). The Morgan fingerprint density at radius 2 is 1.94 bits per heavy atom. The topological polar surface area (TPSA) is 140 Å². The van der Waals surface area contributed by atoms with Crippen LogP contribution in [0.15, 0.2) is 30.3 Å². The second kappa shape index (κ2) is 10.9. The molecule has 0 amide bonds. The molecule has 0 aliphatic heterocycles. The Morgan fingerprint density at radius 1 is 1.22 bits per heavy atom. The smallest absolute Gasteiger partial charge is 0.234 e. The minimum Gasteiger partial charge on any atom is -0.477 e. The molecule has 0 unspecified atom stereocenters. The number of halogens is 2. The molecule has 0 saturated carbocycles. The number of nitrogens with one attached hydrogen (secondary N) is 4. The highest BCUT2D eigenvalue weighted by molar-refractivity contribution is 6.35. The molecule has 0 saturated heterocycles. The highest BCUT2D eigenvalue weighted by atomic mass is 35.5. The highest BCUT2D eigenvalue weighted by Crippen LogP contribution is 2.32. The molecule has 172 valence electrons. The summed E-state index contributed by atoms with van der Waals surface area (Å²) in [7, 11) is 0. The Morgan fingerprint density at radius 3 is 2.62 bits per heavy atom. The highest BCUT2D eigenvalue weighted by Gasteiger charge is 2.17. The Balaban J connectivity index is 1.87. The molecule has 2 atom stereocenters. The molecule has 6 N–H and O–H groups in total. The van der Waals surface area contributed by atoms with Crippen molar-refractivity contribution in [1.29, 1.82) is 0 Å². The molecule has 0 radical (unpaired) electrons. The number of benzene rings is 1. The van der Waals surface area contributed by atoms with Gasteiger partial charge < -0.3 is 30.9 Å². The van der Waals surface area contributed by atoms with Crippen molar-refractivity contribution < 1.29 is 19.3 Å². The molecule has 2 aromatic heterocycles. The van der Waals surface area contributed by atoms with E-state index in [1.165, 1.54) is 12.1 Å². The normalized spacial score (nSPS) is 12.8. The molecule has 1 aromatic carbocycles. The van der Waals surface area contributed by atoms with Crippen molar-refractivity contribution in [2.75, 3.05) is 35.7 Å². The summed E-state index contributed by atoms with van der Waals surface area (Å²) in [6.45, 7) is 3.81. The van der Waals surface area contributed by atoms with Gasteiger partial charge in [0.1, 0.15) is 16.7 Å². The maximum Gasteiger partial charge on any atom is 0.234 e. The molecule has 3 aromatic rings. The van der Waals surface area contributed by atoms with Gasteiger partial charge in [0.15, 0.2) is 11.6 Å². The lowest BCUT2D eigenvalue weighted by molar-refractivity contribution is 0.105. The monoisotopic (exact) mass is 465 g/mol. The number of nitrogens with zero attached hydrogens (tertiary/aromatic N) is 3. The zero-order valence-corrected chi connectivity index (χ0v) is 18.3. The van der Waals surface area contributed by atoms with E-state index in [4.69, 9.17) is 21.4 Å². The van der Waals surface area contributed by atoms with E-state index in [-0.39, 0.29) is 41.0 Å². The number of aromatic amines is 1. The minimum atomic E-state index is -0.992. The van der Waals surface area contributed by atoms with E-state index in [9.17, 15) is 9.50 Å². The standard InChI is InChI=1S/C20H25ClFN7O3/c1-3-32-16-8-15(28-29-16)25-19-17(21)18(23-9-14(31)10-30)26-20(27-19)24-11(2)12-4-6-13(22)7-5-12/h4-8,11,14,30-31H,3,9-10H2,1-2H3,(H4,23,24,25,26,27,28,29)/t11-,14+/m0/s1. The van der Waals surface area contributed by atoms with Crippen LogP contribution >= 0.6 is 11.6 Å². The fourth-order valence-corrected chi connectivity index (χ4v) is 2.93. The number of aliphatic hydroxyl groups is 2. The number of aliphatic hydroxyl groups excluding tert-OH is 2. The van der Waals surface area contributed by atoms with Crippen LogP contribution in [0.4, 0.5) is 27.8 Å². The van der Waals surface area contributed by atoms with E-state index >= 15 is 0 Å². The Hall–Kier alpha value is -3.15. The molecule has 2 heterocycles. The van der Waals surface area contributed by atoms with E-state index in [1.54, 1.807) is 18.2 Å². The van der Waals surface area contributed by atoms with Crippen molar-refractivity contribution in [3.05, 3.63) is 46.7 Å². The van der Waals surface area contributed by atoms with Crippen LogP contribution in [-0.4, -0.2) is 56.2 Å². The van der Waals surface area contributed by atoms with E-state index < -0.39 is 12.7 Å². The quantitative estimate of drug-likeness (QED) is 0.252. The van der Waals surface area contributed by atoms with E-state index in [2.05, 4.69) is 36.1 Å². The SMILES string of the molecule is CCOc1cc(Nc2nc(N[C@@H](C)c3ccc(F)cc3)nc(NC[C@@H](O)CO)c2Cl)[nH]n1. The molecule has 0 fully saturated rings. The molecule has 10 nitrogen and oxygen atoms in total. The zero-order chi connectivity index (χ0) is 23.1. The predicted molar refractivity (Wildman–Crippen MR) is 120 cm³/mol. The second-order valence-corrected chi connectivity index (χ2v) is 7.25. The van der Waals surface area contributed by atoms with Crippen molar-refractivity contribution in [2.24, 2.45) is 0 Å². The average Bonchev–Trinajstić information content (AvgIpc) is 3.22. The third-order valence-electron chi connectivity index (χ3n) is 4.38. The Kier molecular flexibility index (Phi) is 8.03. The average molecular weight is 466 g/mol. The van der Waals surface area contributed by atoms with Crippen LogP contribution in [-0.2, 0) is 0 Å². The number of hydrogen-bond acceptors (Lipinski definition) is 9. The first-order valence-electron chi connectivity index (χ1n) is 9.97. The Labute approximate surface area is 189 Å². The predicted octanol–water partition coefficient (Wildman–Crippen LogP) is 3.07. The van der Waals surface area contributed by atoms with Gasteiger partial charge in [0, 0.05) is 12.6 Å². The lowest BCUT2D eigenvalue weighted by Gasteiger charge is -2.18. The molecule has 0 aliphatic rings. The summed E-state index contributed by atoms with van der Waals surface area (Å²) in [5.41, 5.74) is 0.833. The third kappa shape index (κ3) is 6.19. The summed E-state index contributed by atoms with van der Waals surface area (Å²) in [5.74, 6) is 1.33. The van der Waals surface area contributed by atoms with Crippen molar-refractivity contribution >= 4 is 35.0 Å². The number of rotatable bonds is 11. The van der Waals surface area contributed by atoms with Crippen molar-refractivity contribution in [1.82, 2.24) is 20.2 Å². The number of hydrogen-bond donors (Lipinski definition) is 6. The first-order valence-corrected chi connectivity index (χ1v) is 10.3. The van der Waals surface area contributed by atoms with Gasteiger partial charge in [-0.25, -0.2) is 4.39 Å². The molecule has 0 aliphatic carbocycles. The summed E-state index contributed by atoms with van der Waals surface area (Å²) in [6, 6.07) is 7.50. The van der Waals surface area contributed by atoms with Crippen LogP contribution in [0, 0.1) is 5.82 Å². The van der Waals surface area contributed by atoms with E-state index in [0.717, 1.165) is 5.56 Å².